The van der Waals surface area contributed by atoms with Crippen LogP contribution in [0.5, 0.6) is 0 Å². The number of benzene rings is 1. The second-order valence-electron chi connectivity index (χ2n) is 6.70. The molecule has 1 amide bonds. The Labute approximate surface area is 152 Å². The molecule has 6 nitrogen and oxygen atoms in total. The molecule has 1 aliphatic heterocycles. The fraction of sp³-hybridized carbons (Fsp3) is 0.250. The van der Waals surface area contributed by atoms with E-state index in [2.05, 4.69) is 58.5 Å². The standard InChI is InChI=1S/C20H21N5O/c1-3-17(26)24-9-8-15(10-24)25-11-16(14-6-4-13(2)5-7-14)18-19(21)22-12-23-20(18)25/h3-7,11-12,15H,1,8-10H2,2H3,(H2,21,22,23)/t15-/m1/s1. The number of carbonyl (C=O) groups excluding carboxylic acids is 1. The molecule has 1 fully saturated rings. The number of nitrogens with zero attached hydrogens (tertiary/aromatic N) is 4. The van der Waals surface area contributed by atoms with Crippen molar-refractivity contribution >= 4 is 22.8 Å². The third kappa shape index (κ3) is 2.63. The molecule has 132 valence electrons. The number of aryl methyl sites for hydroxylation is 1. The molecule has 2 aromatic heterocycles. The third-order valence-corrected chi connectivity index (χ3v) is 5.04. The number of fused-ring (bicyclic) bond motifs is 1. The number of anilines is 1. The predicted octanol–water partition coefficient (Wildman–Crippen LogP) is 2.95. The molecule has 0 aliphatic carbocycles. The average Bonchev–Trinajstić information content (AvgIpc) is 3.27. The molecule has 2 N–H and O–H groups in total. The van der Waals surface area contributed by atoms with Crippen LogP contribution in [0.4, 0.5) is 5.82 Å². The maximum atomic E-state index is 11.9. The predicted molar refractivity (Wildman–Crippen MR) is 103 cm³/mol. The Morgan fingerprint density at radius 1 is 1.31 bits per heavy atom. The molecule has 1 aliphatic rings. The van der Waals surface area contributed by atoms with E-state index in [0.717, 1.165) is 35.1 Å². The lowest BCUT2D eigenvalue weighted by Gasteiger charge is -2.15. The van der Waals surface area contributed by atoms with Gasteiger partial charge in [0.15, 0.2) is 0 Å². The molecule has 6 heteroatoms. The first-order chi connectivity index (χ1) is 12.6. The van der Waals surface area contributed by atoms with Gasteiger partial charge in [-0.25, -0.2) is 9.97 Å². The SMILES string of the molecule is C=CC(=O)N1CC[C@@H](n2cc(-c3ccc(C)cc3)c3c(N)ncnc32)C1. The summed E-state index contributed by atoms with van der Waals surface area (Å²) in [6.07, 6.45) is 5.83. The second kappa shape index (κ2) is 6.29. The zero-order valence-electron chi connectivity index (χ0n) is 14.7. The summed E-state index contributed by atoms with van der Waals surface area (Å²) in [6.45, 7) is 7.01. The molecule has 1 aromatic carbocycles. The molecule has 26 heavy (non-hydrogen) atoms. The van der Waals surface area contributed by atoms with Crippen molar-refractivity contribution in [1.82, 2.24) is 19.4 Å². The monoisotopic (exact) mass is 347 g/mol. The summed E-state index contributed by atoms with van der Waals surface area (Å²) in [5.41, 5.74) is 10.3. The van der Waals surface area contributed by atoms with E-state index in [0.29, 0.717) is 12.4 Å². The normalized spacial score (nSPS) is 17.0. The Hall–Kier alpha value is -3.15. The number of rotatable bonds is 3. The van der Waals surface area contributed by atoms with Gasteiger partial charge in [0.25, 0.3) is 0 Å². The zero-order valence-corrected chi connectivity index (χ0v) is 14.7. The van der Waals surface area contributed by atoms with Crippen molar-refractivity contribution in [1.29, 1.82) is 0 Å². The van der Waals surface area contributed by atoms with E-state index in [1.807, 2.05) is 4.90 Å². The van der Waals surface area contributed by atoms with E-state index >= 15 is 0 Å². The Bertz CT molecular complexity index is 989. The Kier molecular flexibility index (Phi) is 3.95. The van der Waals surface area contributed by atoms with Crippen LogP contribution in [-0.2, 0) is 4.79 Å². The van der Waals surface area contributed by atoms with E-state index in [1.54, 1.807) is 0 Å². The lowest BCUT2D eigenvalue weighted by molar-refractivity contribution is -0.125. The molecule has 0 radical (unpaired) electrons. The Balaban J connectivity index is 1.82. The van der Waals surface area contributed by atoms with Gasteiger partial charge < -0.3 is 15.2 Å². The second-order valence-corrected chi connectivity index (χ2v) is 6.70. The molecule has 0 bridgehead atoms. The van der Waals surface area contributed by atoms with E-state index in [9.17, 15) is 4.79 Å². The van der Waals surface area contributed by atoms with E-state index in [4.69, 9.17) is 5.73 Å². The van der Waals surface area contributed by atoms with Gasteiger partial charge >= 0.3 is 0 Å². The van der Waals surface area contributed by atoms with Crippen LogP contribution in [0.25, 0.3) is 22.2 Å². The highest BCUT2D eigenvalue weighted by Crippen LogP contribution is 2.36. The molecule has 1 saturated heterocycles. The lowest BCUT2D eigenvalue weighted by Crippen LogP contribution is -2.27. The van der Waals surface area contributed by atoms with Gasteiger partial charge in [0, 0.05) is 24.8 Å². The summed E-state index contributed by atoms with van der Waals surface area (Å²) < 4.78 is 2.14. The molecule has 0 spiro atoms. The summed E-state index contributed by atoms with van der Waals surface area (Å²) in [5.74, 6) is 0.443. The van der Waals surface area contributed by atoms with Gasteiger partial charge in [-0.1, -0.05) is 36.4 Å². The molecule has 0 saturated carbocycles. The van der Waals surface area contributed by atoms with Crippen molar-refractivity contribution in [2.75, 3.05) is 18.8 Å². The number of amides is 1. The van der Waals surface area contributed by atoms with Gasteiger partial charge in [-0.15, -0.1) is 0 Å². The summed E-state index contributed by atoms with van der Waals surface area (Å²) in [6, 6.07) is 8.50. The maximum absolute atomic E-state index is 11.9. The molecular formula is C20H21N5O. The van der Waals surface area contributed by atoms with Crippen molar-refractivity contribution < 1.29 is 4.79 Å². The van der Waals surface area contributed by atoms with E-state index in [-0.39, 0.29) is 11.9 Å². The minimum Gasteiger partial charge on any atom is -0.383 e. The highest BCUT2D eigenvalue weighted by Gasteiger charge is 2.28. The number of hydrogen-bond acceptors (Lipinski definition) is 4. The highest BCUT2D eigenvalue weighted by molar-refractivity contribution is 6.00. The molecule has 0 unspecified atom stereocenters. The van der Waals surface area contributed by atoms with Crippen LogP contribution in [0.3, 0.4) is 0 Å². The minimum absolute atomic E-state index is 0.0307. The number of likely N-dealkylation sites (tertiary alicyclic amines) is 1. The third-order valence-electron chi connectivity index (χ3n) is 5.04. The lowest BCUT2D eigenvalue weighted by atomic mass is 10.0. The van der Waals surface area contributed by atoms with Gasteiger partial charge in [-0.2, -0.15) is 0 Å². The van der Waals surface area contributed by atoms with Crippen LogP contribution in [0.15, 0.2) is 49.4 Å². The number of hydrogen-bond donors (Lipinski definition) is 1. The van der Waals surface area contributed by atoms with Crippen molar-refractivity contribution in [3.05, 3.63) is 55.0 Å². The number of nitrogens with two attached hydrogens (primary N) is 1. The van der Waals surface area contributed by atoms with Crippen molar-refractivity contribution in [2.24, 2.45) is 0 Å². The molecule has 4 rings (SSSR count). The minimum atomic E-state index is -0.0307. The molecular weight excluding hydrogens is 326 g/mol. The van der Waals surface area contributed by atoms with Gasteiger partial charge in [-0.05, 0) is 25.0 Å². The van der Waals surface area contributed by atoms with Gasteiger partial charge in [0.05, 0.1) is 11.4 Å². The first-order valence-electron chi connectivity index (χ1n) is 8.68. The fourth-order valence-electron chi connectivity index (χ4n) is 3.64. The van der Waals surface area contributed by atoms with E-state index in [1.165, 1.54) is 18.0 Å². The van der Waals surface area contributed by atoms with Crippen LogP contribution in [0, 0.1) is 6.92 Å². The van der Waals surface area contributed by atoms with Gasteiger partial charge in [-0.3, -0.25) is 4.79 Å². The van der Waals surface area contributed by atoms with Gasteiger partial charge in [0.1, 0.15) is 17.8 Å². The van der Waals surface area contributed by atoms with Crippen LogP contribution in [-0.4, -0.2) is 38.4 Å². The first kappa shape index (κ1) is 16.3. The number of aromatic nitrogens is 3. The first-order valence-corrected chi connectivity index (χ1v) is 8.68. The van der Waals surface area contributed by atoms with Crippen LogP contribution in [0.2, 0.25) is 0 Å². The van der Waals surface area contributed by atoms with Crippen LogP contribution in [0.1, 0.15) is 18.0 Å². The van der Waals surface area contributed by atoms with Crippen LogP contribution < -0.4 is 5.73 Å². The largest absolute Gasteiger partial charge is 0.383 e. The Morgan fingerprint density at radius 3 is 2.81 bits per heavy atom. The Morgan fingerprint density at radius 2 is 2.08 bits per heavy atom. The van der Waals surface area contributed by atoms with Crippen molar-refractivity contribution in [3.8, 4) is 11.1 Å². The fourth-order valence-corrected chi connectivity index (χ4v) is 3.64. The zero-order chi connectivity index (χ0) is 18.3. The number of nitrogen functional groups attached to an aromatic ring is 1. The molecule has 1 atom stereocenters. The van der Waals surface area contributed by atoms with Crippen molar-refractivity contribution in [2.45, 2.75) is 19.4 Å². The smallest absolute Gasteiger partial charge is 0.246 e. The number of carbonyl (C=O) groups is 1. The summed E-state index contributed by atoms with van der Waals surface area (Å²) in [5, 5.41) is 0.866. The van der Waals surface area contributed by atoms with E-state index < -0.39 is 0 Å². The summed E-state index contributed by atoms with van der Waals surface area (Å²) >= 11 is 0. The summed E-state index contributed by atoms with van der Waals surface area (Å²) in [7, 11) is 0. The maximum Gasteiger partial charge on any atom is 0.246 e. The molecule has 3 aromatic rings. The molecule has 3 heterocycles. The van der Waals surface area contributed by atoms with Crippen LogP contribution >= 0.6 is 0 Å². The van der Waals surface area contributed by atoms with Gasteiger partial charge in [0.2, 0.25) is 5.91 Å². The average molecular weight is 347 g/mol. The topological polar surface area (TPSA) is 77.0 Å². The summed E-state index contributed by atoms with van der Waals surface area (Å²) in [4.78, 5) is 22.4. The quantitative estimate of drug-likeness (QED) is 0.739. The highest BCUT2D eigenvalue weighted by atomic mass is 16.2. The van der Waals surface area contributed by atoms with Crippen molar-refractivity contribution in [3.63, 3.8) is 0 Å².